The van der Waals surface area contributed by atoms with Crippen molar-refractivity contribution in [3.63, 3.8) is 0 Å². The highest BCUT2D eigenvalue weighted by molar-refractivity contribution is 6.06. The van der Waals surface area contributed by atoms with Gasteiger partial charge in [0.1, 0.15) is 23.4 Å². The van der Waals surface area contributed by atoms with Gasteiger partial charge in [-0.1, -0.05) is 6.07 Å². The summed E-state index contributed by atoms with van der Waals surface area (Å²) < 4.78 is 7.98. The summed E-state index contributed by atoms with van der Waals surface area (Å²) >= 11 is 0. The number of carbonyl (C=O) groups excluding carboxylic acids is 1. The smallest absolute Gasteiger partial charge is 0.262 e. The van der Waals surface area contributed by atoms with Crippen LogP contribution >= 0.6 is 0 Å². The van der Waals surface area contributed by atoms with Crippen LogP contribution in [0.5, 0.6) is 5.88 Å². The molecular formula is C23H28N8O2. The van der Waals surface area contributed by atoms with Crippen LogP contribution in [0.25, 0.3) is 11.5 Å². The third-order valence-corrected chi connectivity index (χ3v) is 6.22. The molecule has 0 saturated carbocycles. The number of ether oxygens (including phenoxy) is 1. The van der Waals surface area contributed by atoms with Crippen molar-refractivity contribution in [1.82, 2.24) is 29.6 Å². The third-order valence-electron chi connectivity index (χ3n) is 6.22. The zero-order valence-corrected chi connectivity index (χ0v) is 18.9. The molecule has 3 aromatic heterocycles. The number of aromatic nitrogens is 5. The van der Waals surface area contributed by atoms with Gasteiger partial charge in [-0.3, -0.25) is 4.79 Å². The lowest BCUT2D eigenvalue weighted by molar-refractivity contribution is 0.102. The van der Waals surface area contributed by atoms with Crippen LogP contribution in [-0.4, -0.2) is 75.4 Å². The molecule has 33 heavy (non-hydrogen) atoms. The lowest BCUT2D eigenvalue weighted by Gasteiger charge is -2.34. The molecule has 0 aromatic carbocycles. The first-order valence-corrected chi connectivity index (χ1v) is 11.3. The van der Waals surface area contributed by atoms with Crippen LogP contribution in [0.2, 0.25) is 0 Å². The number of anilines is 2. The monoisotopic (exact) mass is 448 g/mol. The number of nitrogens with one attached hydrogen (secondary N) is 1. The molecule has 3 aromatic rings. The van der Waals surface area contributed by atoms with Gasteiger partial charge in [0.05, 0.1) is 18.5 Å². The lowest BCUT2D eigenvalue weighted by Crippen LogP contribution is -2.44. The van der Waals surface area contributed by atoms with E-state index >= 15 is 0 Å². The van der Waals surface area contributed by atoms with Gasteiger partial charge in [-0.2, -0.15) is 0 Å². The molecular weight excluding hydrogens is 420 g/mol. The molecule has 10 heteroatoms. The second-order valence-corrected chi connectivity index (χ2v) is 8.60. The molecule has 1 saturated heterocycles. The molecule has 1 fully saturated rings. The quantitative estimate of drug-likeness (QED) is 0.606. The minimum absolute atomic E-state index is 0.175. The van der Waals surface area contributed by atoms with Crippen molar-refractivity contribution < 1.29 is 9.53 Å². The minimum Gasteiger partial charge on any atom is -0.477 e. The molecule has 2 bridgehead atoms. The normalized spacial score (nSPS) is 19.6. The number of rotatable bonds is 1. The largest absolute Gasteiger partial charge is 0.477 e. The number of carbonyl (C=O) groups is 1. The Kier molecular flexibility index (Phi) is 5.91. The number of hydrogen-bond acceptors (Lipinski definition) is 8. The first-order chi connectivity index (χ1) is 16.1. The van der Waals surface area contributed by atoms with Crippen LogP contribution in [0.3, 0.4) is 0 Å². The summed E-state index contributed by atoms with van der Waals surface area (Å²) in [6.45, 7) is 6.31. The Labute approximate surface area is 192 Å². The molecule has 0 spiro atoms. The van der Waals surface area contributed by atoms with E-state index in [1.165, 1.54) is 0 Å². The van der Waals surface area contributed by atoms with E-state index < -0.39 is 0 Å². The van der Waals surface area contributed by atoms with Crippen molar-refractivity contribution in [3.05, 3.63) is 42.4 Å². The van der Waals surface area contributed by atoms with Gasteiger partial charge in [0.15, 0.2) is 5.82 Å². The molecule has 1 N–H and O–H groups in total. The van der Waals surface area contributed by atoms with E-state index in [9.17, 15) is 4.79 Å². The summed E-state index contributed by atoms with van der Waals surface area (Å²) in [7, 11) is 2.12. The molecule has 1 unspecified atom stereocenters. The van der Waals surface area contributed by atoms with Gasteiger partial charge < -0.3 is 24.4 Å². The van der Waals surface area contributed by atoms with Crippen molar-refractivity contribution in [2.75, 3.05) is 50.1 Å². The third kappa shape index (κ3) is 4.51. The number of pyridine rings is 2. The zero-order chi connectivity index (χ0) is 22.8. The number of fused-ring (bicyclic) bond motifs is 5. The van der Waals surface area contributed by atoms with Crippen molar-refractivity contribution in [1.29, 1.82) is 0 Å². The number of hydrogen-bond donors (Lipinski definition) is 1. The SMILES string of the molecule is CC1CCCOc2ncc(N3CCN(C)CC3)cc2C(=O)Nc2cccc(n2)-c2nncn21. The number of piperazine rings is 1. The Morgan fingerprint density at radius 2 is 2.03 bits per heavy atom. The molecule has 5 rings (SSSR count). The fourth-order valence-corrected chi connectivity index (χ4v) is 4.20. The van der Waals surface area contributed by atoms with Gasteiger partial charge in [-0.25, -0.2) is 9.97 Å². The van der Waals surface area contributed by atoms with Crippen LogP contribution in [0, 0.1) is 0 Å². The molecule has 1 amide bonds. The fraction of sp³-hybridized carbons (Fsp3) is 0.435. The van der Waals surface area contributed by atoms with Crippen LogP contribution in [-0.2, 0) is 0 Å². The van der Waals surface area contributed by atoms with E-state index in [1.807, 2.05) is 22.8 Å². The maximum atomic E-state index is 13.3. The second kappa shape index (κ2) is 9.14. The zero-order valence-electron chi connectivity index (χ0n) is 18.9. The molecule has 0 aliphatic carbocycles. The summed E-state index contributed by atoms with van der Waals surface area (Å²) in [5, 5.41) is 11.2. The molecule has 2 aliphatic heterocycles. The average molecular weight is 449 g/mol. The number of likely N-dealkylation sites (N-methyl/N-ethyl adjacent to an activating group) is 1. The Bertz CT molecular complexity index is 1140. The Morgan fingerprint density at radius 3 is 2.88 bits per heavy atom. The fourth-order valence-electron chi connectivity index (χ4n) is 4.20. The maximum Gasteiger partial charge on any atom is 0.262 e. The van der Waals surface area contributed by atoms with E-state index in [1.54, 1.807) is 18.6 Å². The topological polar surface area (TPSA) is 101 Å². The van der Waals surface area contributed by atoms with Crippen molar-refractivity contribution >= 4 is 17.4 Å². The van der Waals surface area contributed by atoms with Gasteiger partial charge in [-0.05, 0) is 45.0 Å². The van der Waals surface area contributed by atoms with Crippen LogP contribution in [0.15, 0.2) is 36.8 Å². The summed E-state index contributed by atoms with van der Waals surface area (Å²) in [5.74, 6) is 1.16. The van der Waals surface area contributed by atoms with E-state index in [0.717, 1.165) is 44.7 Å². The Hall–Kier alpha value is -3.53. The summed E-state index contributed by atoms with van der Waals surface area (Å²) in [4.78, 5) is 27.0. The second-order valence-electron chi connectivity index (χ2n) is 8.60. The highest BCUT2D eigenvalue weighted by atomic mass is 16.5. The summed E-state index contributed by atoms with van der Waals surface area (Å²) in [5.41, 5.74) is 1.99. The molecule has 10 nitrogen and oxygen atoms in total. The maximum absolute atomic E-state index is 13.3. The molecule has 1 atom stereocenters. The van der Waals surface area contributed by atoms with E-state index in [4.69, 9.17) is 4.74 Å². The van der Waals surface area contributed by atoms with Gasteiger partial charge in [0.25, 0.3) is 5.91 Å². The van der Waals surface area contributed by atoms with Crippen LogP contribution < -0.4 is 15.0 Å². The summed E-state index contributed by atoms with van der Waals surface area (Å²) in [6.07, 6.45) is 5.18. The Balaban J connectivity index is 1.49. The molecule has 2 aliphatic rings. The molecule has 0 radical (unpaired) electrons. The minimum atomic E-state index is -0.301. The van der Waals surface area contributed by atoms with Crippen molar-refractivity contribution in [3.8, 4) is 17.4 Å². The predicted octanol–water partition coefficient (Wildman–Crippen LogP) is 2.47. The lowest BCUT2D eigenvalue weighted by atomic mass is 10.1. The summed E-state index contributed by atoms with van der Waals surface area (Å²) in [6, 6.07) is 7.53. The van der Waals surface area contributed by atoms with E-state index in [2.05, 4.69) is 49.3 Å². The predicted molar refractivity (Wildman–Crippen MR) is 125 cm³/mol. The van der Waals surface area contributed by atoms with E-state index in [-0.39, 0.29) is 11.9 Å². The Morgan fingerprint density at radius 1 is 1.18 bits per heavy atom. The number of amides is 1. The number of nitrogens with zero attached hydrogens (tertiary/aromatic N) is 7. The first kappa shape index (κ1) is 21.3. The van der Waals surface area contributed by atoms with Gasteiger partial charge in [0, 0.05) is 32.2 Å². The molecule has 172 valence electrons. The van der Waals surface area contributed by atoms with Crippen LogP contribution in [0.4, 0.5) is 11.5 Å². The van der Waals surface area contributed by atoms with Gasteiger partial charge in [0.2, 0.25) is 5.88 Å². The van der Waals surface area contributed by atoms with E-state index in [0.29, 0.717) is 35.4 Å². The molecule has 5 heterocycles. The van der Waals surface area contributed by atoms with Gasteiger partial charge in [-0.15, -0.1) is 10.2 Å². The van der Waals surface area contributed by atoms with Crippen molar-refractivity contribution in [2.45, 2.75) is 25.8 Å². The highest BCUT2D eigenvalue weighted by Crippen LogP contribution is 2.27. The van der Waals surface area contributed by atoms with Gasteiger partial charge >= 0.3 is 0 Å². The first-order valence-electron chi connectivity index (χ1n) is 11.3. The van der Waals surface area contributed by atoms with Crippen LogP contribution in [0.1, 0.15) is 36.2 Å². The average Bonchev–Trinajstić information content (AvgIpc) is 3.32. The van der Waals surface area contributed by atoms with Crippen molar-refractivity contribution in [2.24, 2.45) is 0 Å². The highest BCUT2D eigenvalue weighted by Gasteiger charge is 2.22. The standard InChI is InChI=1S/C23H28N8O2/c1-16-5-4-12-33-23-18(13-17(14-24-23)30-10-8-29(2)9-11-30)22(32)27-20-7-3-6-19(26-20)21-28-25-15-31(16)21/h3,6-7,13-16H,4-5,8-12H2,1-2H3,(H,26,27,32).